The number of para-hydroxylation sites is 1. The van der Waals surface area contributed by atoms with E-state index in [1.54, 1.807) is 0 Å². The van der Waals surface area contributed by atoms with Crippen molar-refractivity contribution >= 4 is 17.2 Å². The van der Waals surface area contributed by atoms with E-state index in [1.165, 1.54) is 38.5 Å². The Morgan fingerprint density at radius 3 is 2.68 bits per heavy atom. The van der Waals surface area contributed by atoms with Gasteiger partial charge < -0.3 is 0 Å². The summed E-state index contributed by atoms with van der Waals surface area (Å²) in [5.41, 5.74) is 2.59. The molecular weight excluding hydrogens is 270 g/mol. The van der Waals surface area contributed by atoms with Gasteiger partial charge in [0.25, 0.3) is 0 Å². The third kappa shape index (κ3) is 5.25. The topological polar surface area (TPSA) is 29.4 Å². The number of nitrogens with zero attached hydrogens (tertiary/aromatic N) is 1. The predicted octanol–water partition coefficient (Wildman–Crippen LogP) is 6.04. The Morgan fingerprint density at radius 1 is 1.05 bits per heavy atom. The van der Waals surface area contributed by atoms with Gasteiger partial charge in [0.2, 0.25) is 0 Å². The first kappa shape index (κ1) is 16.7. The number of hydrogen-bond donors (Lipinski definition) is 0. The van der Waals surface area contributed by atoms with Crippen molar-refractivity contribution in [1.82, 2.24) is 0 Å². The molecule has 1 aliphatic rings. The average molecular weight is 297 g/mol. The second kappa shape index (κ2) is 9.34. The van der Waals surface area contributed by atoms with E-state index in [0.717, 1.165) is 29.8 Å². The highest BCUT2D eigenvalue weighted by Gasteiger charge is 2.18. The average Bonchev–Trinajstić information content (AvgIpc) is 2.53. The minimum Gasteiger partial charge on any atom is -0.294 e. The lowest BCUT2D eigenvalue weighted by Gasteiger charge is -2.13. The number of hydrogen-bond acceptors (Lipinski definition) is 2. The van der Waals surface area contributed by atoms with Gasteiger partial charge in [-0.25, -0.2) is 0 Å². The number of allylic oxidation sites excluding steroid dienone is 2. The number of fused-ring (bicyclic) bond motifs is 1. The molecular formula is C20H27NO. The summed E-state index contributed by atoms with van der Waals surface area (Å²) in [4.78, 5) is 16.7. The molecule has 0 fully saturated rings. The third-order valence-corrected chi connectivity index (χ3v) is 4.09. The molecule has 1 heterocycles. The summed E-state index contributed by atoms with van der Waals surface area (Å²) in [6.45, 7) is 2.25. The van der Waals surface area contributed by atoms with Crippen LogP contribution in [0.1, 0.15) is 75.1 Å². The van der Waals surface area contributed by atoms with Crippen molar-refractivity contribution in [2.75, 3.05) is 0 Å². The van der Waals surface area contributed by atoms with Gasteiger partial charge in [0.15, 0.2) is 5.78 Å². The number of unbranched alkanes of at least 4 members (excludes halogenated alkanes) is 6. The first-order valence-corrected chi connectivity index (χ1v) is 8.65. The number of ketones is 1. The van der Waals surface area contributed by atoms with Crippen LogP contribution in [0.15, 0.2) is 41.4 Å². The van der Waals surface area contributed by atoms with Crippen molar-refractivity contribution in [3.05, 3.63) is 42.0 Å². The fraction of sp³-hybridized carbons (Fsp3) is 0.500. The van der Waals surface area contributed by atoms with Gasteiger partial charge in [-0.15, -0.1) is 0 Å². The lowest BCUT2D eigenvalue weighted by Crippen LogP contribution is -2.12. The smallest absolute Gasteiger partial charge is 0.170 e. The van der Waals surface area contributed by atoms with Crippen LogP contribution >= 0.6 is 0 Å². The minimum atomic E-state index is 0.199. The number of aliphatic imine (C=N–C) groups is 1. The maximum atomic E-state index is 12.1. The quantitative estimate of drug-likeness (QED) is 0.403. The highest BCUT2D eigenvalue weighted by atomic mass is 16.1. The first-order chi connectivity index (χ1) is 10.8. The highest BCUT2D eigenvalue weighted by molar-refractivity contribution is 6.15. The molecule has 1 aromatic rings. The van der Waals surface area contributed by atoms with E-state index in [0.29, 0.717) is 6.42 Å². The molecule has 0 aromatic heterocycles. The molecule has 0 N–H and O–H groups in total. The summed E-state index contributed by atoms with van der Waals surface area (Å²) in [5.74, 6) is 0.199. The minimum absolute atomic E-state index is 0.199. The van der Waals surface area contributed by atoms with Gasteiger partial charge in [0.1, 0.15) is 0 Å². The zero-order valence-corrected chi connectivity index (χ0v) is 13.7. The van der Waals surface area contributed by atoms with Gasteiger partial charge in [0, 0.05) is 24.1 Å². The van der Waals surface area contributed by atoms with Crippen molar-refractivity contribution < 1.29 is 4.79 Å². The summed E-state index contributed by atoms with van der Waals surface area (Å²) < 4.78 is 0. The maximum absolute atomic E-state index is 12.1. The number of carbonyl (C=O) groups is 1. The summed E-state index contributed by atoms with van der Waals surface area (Å²) in [5, 5.41) is 0. The van der Waals surface area contributed by atoms with E-state index < -0.39 is 0 Å². The van der Waals surface area contributed by atoms with E-state index in [4.69, 9.17) is 0 Å². The van der Waals surface area contributed by atoms with E-state index in [2.05, 4.69) is 24.1 Å². The van der Waals surface area contributed by atoms with Crippen LogP contribution in [0.5, 0.6) is 0 Å². The molecule has 0 aliphatic carbocycles. The van der Waals surface area contributed by atoms with E-state index >= 15 is 0 Å². The largest absolute Gasteiger partial charge is 0.294 e. The molecule has 22 heavy (non-hydrogen) atoms. The molecule has 0 unspecified atom stereocenters. The second-order valence-electron chi connectivity index (χ2n) is 6.03. The molecule has 0 saturated carbocycles. The van der Waals surface area contributed by atoms with Crippen LogP contribution in [0, 0.1) is 0 Å². The molecule has 0 saturated heterocycles. The lowest BCUT2D eigenvalue weighted by molar-refractivity contribution is 0.0999. The van der Waals surface area contributed by atoms with Crippen molar-refractivity contribution in [1.29, 1.82) is 0 Å². The normalized spacial score (nSPS) is 14.2. The van der Waals surface area contributed by atoms with E-state index in [9.17, 15) is 4.79 Å². The van der Waals surface area contributed by atoms with Crippen molar-refractivity contribution in [3.63, 3.8) is 0 Å². The van der Waals surface area contributed by atoms with Crippen molar-refractivity contribution in [3.8, 4) is 0 Å². The Labute approximate surface area is 134 Å². The SMILES string of the molecule is CCCCCCCC/C=C/CC1=Nc2ccccc2C(=O)C1. The predicted molar refractivity (Wildman–Crippen MR) is 94.2 cm³/mol. The Kier molecular flexibility index (Phi) is 7.08. The van der Waals surface area contributed by atoms with Crippen LogP contribution in [-0.2, 0) is 0 Å². The zero-order chi connectivity index (χ0) is 15.6. The summed E-state index contributed by atoms with van der Waals surface area (Å²) in [6, 6.07) is 7.63. The molecule has 2 rings (SSSR count). The van der Waals surface area contributed by atoms with Gasteiger partial charge >= 0.3 is 0 Å². The molecule has 0 spiro atoms. The number of benzene rings is 1. The molecule has 0 atom stereocenters. The Hall–Kier alpha value is -1.70. The lowest BCUT2D eigenvalue weighted by atomic mass is 9.98. The van der Waals surface area contributed by atoms with Gasteiger partial charge in [-0.1, -0.05) is 63.3 Å². The van der Waals surface area contributed by atoms with Crippen LogP contribution in [0.3, 0.4) is 0 Å². The summed E-state index contributed by atoms with van der Waals surface area (Å²) in [7, 11) is 0. The third-order valence-electron chi connectivity index (χ3n) is 4.09. The Bertz CT molecular complexity index is 542. The molecule has 0 amide bonds. The van der Waals surface area contributed by atoms with E-state index in [-0.39, 0.29) is 5.78 Å². The first-order valence-electron chi connectivity index (χ1n) is 8.65. The molecule has 0 radical (unpaired) electrons. The maximum Gasteiger partial charge on any atom is 0.170 e. The van der Waals surface area contributed by atoms with Gasteiger partial charge in [0.05, 0.1) is 5.69 Å². The fourth-order valence-corrected chi connectivity index (χ4v) is 2.79. The molecule has 0 bridgehead atoms. The van der Waals surface area contributed by atoms with Gasteiger partial charge in [-0.3, -0.25) is 9.79 Å². The standard InChI is InChI=1S/C20H27NO/c1-2-3-4-5-6-7-8-9-10-13-17-16-20(22)18-14-11-12-15-19(18)21-17/h9-12,14-15H,2-8,13,16H2,1H3/b10-9+. The molecule has 2 nitrogen and oxygen atoms in total. The summed E-state index contributed by atoms with van der Waals surface area (Å²) in [6.07, 6.45) is 14.8. The van der Waals surface area contributed by atoms with Crippen LogP contribution in [0.25, 0.3) is 0 Å². The molecule has 118 valence electrons. The van der Waals surface area contributed by atoms with Crippen molar-refractivity contribution in [2.45, 2.75) is 64.7 Å². The molecule has 1 aromatic carbocycles. The van der Waals surface area contributed by atoms with Crippen LogP contribution in [0.2, 0.25) is 0 Å². The van der Waals surface area contributed by atoms with E-state index in [1.807, 2.05) is 24.3 Å². The number of rotatable bonds is 9. The summed E-state index contributed by atoms with van der Waals surface area (Å²) >= 11 is 0. The van der Waals surface area contributed by atoms with Gasteiger partial charge in [-0.05, 0) is 25.0 Å². The van der Waals surface area contributed by atoms with Gasteiger partial charge in [-0.2, -0.15) is 0 Å². The second-order valence-corrected chi connectivity index (χ2v) is 6.03. The van der Waals surface area contributed by atoms with Crippen LogP contribution < -0.4 is 0 Å². The van der Waals surface area contributed by atoms with Crippen molar-refractivity contribution in [2.24, 2.45) is 4.99 Å². The number of Topliss-reactive ketones (excluding diaryl/α,β-unsaturated/α-hetero) is 1. The molecule has 2 heteroatoms. The zero-order valence-electron chi connectivity index (χ0n) is 13.7. The van der Waals surface area contributed by atoms with Crippen LogP contribution in [0.4, 0.5) is 5.69 Å². The monoisotopic (exact) mass is 297 g/mol. The number of carbonyl (C=O) groups excluding carboxylic acids is 1. The highest BCUT2D eigenvalue weighted by Crippen LogP contribution is 2.26. The molecule has 1 aliphatic heterocycles. The fourth-order valence-electron chi connectivity index (χ4n) is 2.79. The Balaban J connectivity index is 1.70. The van der Waals surface area contributed by atoms with Crippen LogP contribution in [-0.4, -0.2) is 11.5 Å². The Morgan fingerprint density at radius 2 is 1.82 bits per heavy atom.